The number of halogens is 1. The van der Waals surface area contributed by atoms with Crippen LogP contribution in [-0.2, 0) is 9.47 Å². The first-order valence-corrected chi connectivity index (χ1v) is 8.38. The fourth-order valence-corrected chi connectivity index (χ4v) is 3.02. The minimum atomic E-state index is -0.542. The highest BCUT2D eigenvalue weighted by Crippen LogP contribution is 2.32. The quantitative estimate of drug-likeness (QED) is 0.329. The molecule has 0 bridgehead atoms. The van der Waals surface area contributed by atoms with E-state index in [0.29, 0.717) is 0 Å². The van der Waals surface area contributed by atoms with Crippen molar-refractivity contribution >= 4 is 28.7 Å². The zero-order valence-corrected chi connectivity index (χ0v) is 14.4. The van der Waals surface area contributed by atoms with Crippen LogP contribution in [0.25, 0.3) is 0 Å². The number of hydrogen-bond acceptors (Lipinski definition) is 3. The lowest BCUT2D eigenvalue weighted by Crippen LogP contribution is -2.34. The standard InChI is InChI=1S/C15H25IO3/c1-4-5-6-7-8-9-10-13-11(2)14(12(3)16)19-15(17)18-13/h11,13H,4-10H2,1-3H3/b14-12+/t11-,13-/m0/s1. The second kappa shape index (κ2) is 8.82. The van der Waals surface area contributed by atoms with Crippen LogP contribution in [0.15, 0.2) is 9.34 Å². The van der Waals surface area contributed by atoms with Crippen molar-refractivity contribution in [3.63, 3.8) is 0 Å². The van der Waals surface area contributed by atoms with Gasteiger partial charge in [-0.05, 0) is 42.4 Å². The van der Waals surface area contributed by atoms with E-state index in [1.165, 1.54) is 32.1 Å². The molecule has 1 aliphatic heterocycles. The van der Waals surface area contributed by atoms with E-state index in [1.54, 1.807) is 0 Å². The van der Waals surface area contributed by atoms with E-state index < -0.39 is 6.16 Å². The van der Waals surface area contributed by atoms with Crippen LogP contribution in [0.2, 0.25) is 0 Å². The Bertz CT molecular complexity index is 321. The summed E-state index contributed by atoms with van der Waals surface area (Å²) < 4.78 is 11.5. The molecule has 0 aromatic heterocycles. The zero-order chi connectivity index (χ0) is 14.3. The predicted octanol–water partition coefficient (Wildman–Crippen LogP) is 5.58. The zero-order valence-electron chi connectivity index (χ0n) is 12.2. The molecular formula is C15H25IO3. The molecule has 0 aromatic rings. The highest BCUT2D eigenvalue weighted by Gasteiger charge is 2.33. The summed E-state index contributed by atoms with van der Waals surface area (Å²) in [6.07, 6.45) is 7.93. The van der Waals surface area contributed by atoms with Gasteiger partial charge in [-0.3, -0.25) is 0 Å². The molecule has 0 saturated carbocycles. The molecule has 2 atom stereocenters. The molecule has 0 unspecified atom stereocenters. The summed E-state index contributed by atoms with van der Waals surface area (Å²) in [7, 11) is 0. The Morgan fingerprint density at radius 2 is 1.84 bits per heavy atom. The normalized spacial score (nSPS) is 25.8. The van der Waals surface area contributed by atoms with Crippen molar-refractivity contribution in [1.29, 1.82) is 0 Å². The summed E-state index contributed by atoms with van der Waals surface area (Å²) in [6, 6.07) is 0. The number of carbonyl (C=O) groups excluding carboxylic acids is 1. The molecule has 1 aliphatic rings. The number of unbranched alkanes of at least 4 members (excludes halogenated alkanes) is 5. The third-order valence-corrected chi connectivity index (χ3v) is 4.13. The minimum absolute atomic E-state index is 0.0212. The SMILES string of the molecule is CCCCCCCC[C@@H]1OC(=O)O/C(=C(\C)I)[C@H]1C. The molecule has 0 radical (unpaired) electrons. The molecule has 0 N–H and O–H groups in total. The van der Waals surface area contributed by atoms with Gasteiger partial charge in [0.15, 0.2) is 0 Å². The number of allylic oxidation sites excluding steroid dienone is 1. The van der Waals surface area contributed by atoms with E-state index in [2.05, 4.69) is 36.4 Å². The Labute approximate surface area is 130 Å². The highest BCUT2D eigenvalue weighted by atomic mass is 127. The third-order valence-electron chi connectivity index (χ3n) is 3.59. The molecule has 1 rings (SSSR count). The molecule has 3 nitrogen and oxygen atoms in total. The summed E-state index contributed by atoms with van der Waals surface area (Å²) in [5.74, 6) is 0.957. The van der Waals surface area contributed by atoms with Crippen molar-refractivity contribution in [3.05, 3.63) is 9.34 Å². The van der Waals surface area contributed by atoms with E-state index in [-0.39, 0.29) is 12.0 Å². The maximum Gasteiger partial charge on any atom is 0.513 e. The van der Waals surface area contributed by atoms with E-state index in [4.69, 9.17) is 9.47 Å². The highest BCUT2D eigenvalue weighted by molar-refractivity contribution is 14.1. The molecule has 4 heteroatoms. The lowest BCUT2D eigenvalue weighted by molar-refractivity contribution is -0.0256. The largest absolute Gasteiger partial charge is 0.513 e. The second-order valence-electron chi connectivity index (χ2n) is 5.25. The van der Waals surface area contributed by atoms with Gasteiger partial charge in [0.25, 0.3) is 0 Å². The van der Waals surface area contributed by atoms with Crippen LogP contribution in [0, 0.1) is 5.92 Å². The lowest BCUT2D eigenvalue weighted by Gasteiger charge is -2.30. The predicted molar refractivity (Wildman–Crippen MR) is 85.2 cm³/mol. The first-order chi connectivity index (χ1) is 9.06. The van der Waals surface area contributed by atoms with Gasteiger partial charge in [-0.15, -0.1) is 0 Å². The topological polar surface area (TPSA) is 35.5 Å². The van der Waals surface area contributed by atoms with E-state index in [0.717, 1.165) is 22.2 Å². The van der Waals surface area contributed by atoms with Gasteiger partial charge in [-0.2, -0.15) is 0 Å². The van der Waals surface area contributed by atoms with Crippen LogP contribution in [0.3, 0.4) is 0 Å². The Kier molecular flexibility index (Phi) is 7.80. The Balaban J connectivity index is 2.36. The number of ether oxygens (including phenoxy) is 2. The van der Waals surface area contributed by atoms with Crippen LogP contribution < -0.4 is 0 Å². The molecule has 1 fully saturated rings. The van der Waals surface area contributed by atoms with Gasteiger partial charge in [0.1, 0.15) is 11.9 Å². The monoisotopic (exact) mass is 380 g/mol. The Morgan fingerprint density at radius 1 is 1.21 bits per heavy atom. The summed E-state index contributed by atoms with van der Waals surface area (Å²) in [4.78, 5) is 11.4. The molecule has 0 amide bonds. The van der Waals surface area contributed by atoms with Crippen molar-refractivity contribution in [3.8, 4) is 0 Å². The molecule has 19 heavy (non-hydrogen) atoms. The maximum atomic E-state index is 11.4. The lowest BCUT2D eigenvalue weighted by atomic mass is 9.95. The van der Waals surface area contributed by atoms with Crippen LogP contribution in [0.4, 0.5) is 4.79 Å². The molecule has 1 saturated heterocycles. The van der Waals surface area contributed by atoms with Gasteiger partial charge in [-0.1, -0.05) is 46.0 Å². The van der Waals surface area contributed by atoms with Gasteiger partial charge < -0.3 is 9.47 Å². The fraction of sp³-hybridized carbons (Fsp3) is 0.800. The Hall–Kier alpha value is -0.260. The van der Waals surface area contributed by atoms with E-state index >= 15 is 0 Å². The minimum Gasteiger partial charge on any atom is -0.430 e. The van der Waals surface area contributed by atoms with Gasteiger partial charge in [-0.25, -0.2) is 4.79 Å². The fourth-order valence-electron chi connectivity index (χ4n) is 2.42. The number of rotatable bonds is 7. The van der Waals surface area contributed by atoms with Gasteiger partial charge in [0, 0.05) is 3.58 Å². The molecule has 1 heterocycles. The van der Waals surface area contributed by atoms with Crippen LogP contribution in [-0.4, -0.2) is 12.3 Å². The van der Waals surface area contributed by atoms with Crippen molar-refractivity contribution in [2.75, 3.05) is 0 Å². The van der Waals surface area contributed by atoms with Crippen LogP contribution in [0.1, 0.15) is 65.7 Å². The number of cyclic esters (lactones) is 2. The van der Waals surface area contributed by atoms with Gasteiger partial charge in [0.05, 0.1) is 5.92 Å². The average Bonchev–Trinajstić information content (AvgIpc) is 2.36. The molecule has 110 valence electrons. The molecule has 0 spiro atoms. The smallest absolute Gasteiger partial charge is 0.430 e. The summed E-state index contributed by atoms with van der Waals surface area (Å²) in [5.41, 5.74) is 0. The number of hydrogen-bond donors (Lipinski definition) is 0. The Morgan fingerprint density at radius 3 is 2.47 bits per heavy atom. The third kappa shape index (κ3) is 5.71. The second-order valence-corrected chi connectivity index (χ2v) is 6.87. The molecule has 0 aromatic carbocycles. The van der Waals surface area contributed by atoms with Crippen molar-refractivity contribution < 1.29 is 14.3 Å². The summed E-state index contributed by atoms with van der Waals surface area (Å²) >= 11 is 2.20. The van der Waals surface area contributed by atoms with Gasteiger partial charge >= 0.3 is 6.16 Å². The van der Waals surface area contributed by atoms with Gasteiger partial charge in [0.2, 0.25) is 0 Å². The first kappa shape index (κ1) is 16.8. The van der Waals surface area contributed by atoms with E-state index in [1.807, 2.05) is 6.92 Å². The average molecular weight is 380 g/mol. The molecular weight excluding hydrogens is 355 g/mol. The number of carbonyl (C=O) groups is 1. The first-order valence-electron chi connectivity index (χ1n) is 7.31. The van der Waals surface area contributed by atoms with Crippen LogP contribution >= 0.6 is 22.6 Å². The van der Waals surface area contributed by atoms with Crippen molar-refractivity contribution in [1.82, 2.24) is 0 Å². The summed E-state index contributed by atoms with van der Waals surface area (Å²) in [5, 5.41) is 0. The van der Waals surface area contributed by atoms with Crippen molar-refractivity contribution in [2.24, 2.45) is 5.92 Å². The van der Waals surface area contributed by atoms with Crippen LogP contribution in [0.5, 0.6) is 0 Å². The summed E-state index contributed by atoms with van der Waals surface area (Å²) in [6.45, 7) is 6.27. The van der Waals surface area contributed by atoms with Crippen molar-refractivity contribution in [2.45, 2.75) is 71.8 Å². The maximum absolute atomic E-state index is 11.4. The van der Waals surface area contributed by atoms with E-state index in [9.17, 15) is 4.79 Å². The molecule has 0 aliphatic carbocycles.